The molecule has 0 bridgehead atoms. The van der Waals surface area contributed by atoms with Gasteiger partial charge in [0, 0.05) is 19.8 Å². The predicted octanol–water partition coefficient (Wildman–Crippen LogP) is 2.88. The molecule has 0 unspecified atom stereocenters. The van der Waals surface area contributed by atoms with Gasteiger partial charge in [0.1, 0.15) is 0 Å². The lowest BCUT2D eigenvalue weighted by Crippen LogP contribution is -2.39. The molecule has 188 valence electrons. The summed E-state index contributed by atoms with van der Waals surface area (Å²) in [6.07, 6.45) is 1.85. The summed E-state index contributed by atoms with van der Waals surface area (Å²) in [6, 6.07) is 12.6. The Kier molecular flexibility index (Phi) is 7.30. The van der Waals surface area contributed by atoms with E-state index in [-0.39, 0.29) is 12.2 Å². The Balaban J connectivity index is 1.92. The lowest BCUT2D eigenvalue weighted by Gasteiger charge is -2.25. The highest BCUT2D eigenvalue weighted by molar-refractivity contribution is 7.07. The van der Waals surface area contributed by atoms with E-state index in [1.54, 1.807) is 44.8 Å². The highest BCUT2D eigenvalue weighted by Crippen LogP contribution is 2.36. The van der Waals surface area contributed by atoms with Crippen LogP contribution in [0.1, 0.15) is 31.0 Å². The van der Waals surface area contributed by atoms with Gasteiger partial charge in [-0.1, -0.05) is 29.5 Å². The third-order valence-electron chi connectivity index (χ3n) is 5.95. The summed E-state index contributed by atoms with van der Waals surface area (Å²) >= 11 is 1.29. The van der Waals surface area contributed by atoms with E-state index in [9.17, 15) is 9.59 Å². The molecule has 0 aliphatic carbocycles. The molecule has 2 aromatic carbocycles. The molecule has 9 heteroatoms. The molecule has 0 amide bonds. The van der Waals surface area contributed by atoms with E-state index in [0.717, 1.165) is 11.3 Å². The molecule has 0 spiro atoms. The summed E-state index contributed by atoms with van der Waals surface area (Å²) in [4.78, 5) is 33.9. The van der Waals surface area contributed by atoms with E-state index < -0.39 is 12.0 Å². The molecule has 36 heavy (non-hydrogen) atoms. The van der Waals surface area contributed by atoms with Gasteiger partial charge in [-0.2, -0.15) is 0 Å². The highest BCUT2D eigenvalue weighted by Gasteiger charge is 2.33. The number of rotatable bonds is 7. The quantitative estimate of drug-likeness (QED) is 0.458. The standard InChI is InChI=1S/C27H29N3O5S/c1-7-35-26(32)23-16(2)28-27-30(24(23)18-10-13-20(33-5)21(15-18)34-6)25(31)22(36-27)14-17-8-11-19(12-9-17)29(3)4/h8-15,24H,7H2,1-6H3/b22-14-/t24-/m1/s1. The van der Waals surface area contributed by atoms with Crippen LogP contribution in [-0.4, -0.2) is 45.5 Å². The molecule has 3 aromatic rings. The van der Waals surface area contributed by atoms with E-state index in [1.165, 1.54) is 11.3 Å². The highest BCUT2D eigenvalue weighted by atomic mass is 32.1. The maximum Gasteiger partial charge on any atom is 0.338 e. The van der Waals surface area contributed by atoms with Crippen molar-refractivity contribution in [3.05, 3.63) is 84.5 Å². The van der Waals surface area contributed by atoms with Gasteiger partial charge in [-0.25, -0.2) is 9.79 Å². The van der Waals surface area contributed by atoms with Gasteiger partial charge < -0.3 is 19.1 Å². The predicted molar refractivity (Wildman–Crippen MR) is 141 cm³/mol. The van der Waals surface area contributed by atoms with Crippen molar-refractivity contribution in [1.29, 1.82) is 0 Å². The number of fused-ring (bicyclic) bond motifs is 1. The lowest BCUT2D eigenvalue weighted by atomic mass is 9.95. The number of carbonyl (C=O) groups is 1. The van der Waals surface area contributed by atoms with E-state index in [2.05, 4.69) is 4.99 Å². The van der Waals surface area contributed by atoms with E-state index in [4.69, 9.17) is 14.2 Å². The molecule has 4 rings (SSSR count). The molecule has 0 saturated heterocycles. The molecule has 0 saturated carbocycles. The van der Waals surface area contributed by atoms with Gasteiger partial charge in [0.25, 0.3) is 5.56 Å². The van der Waals surface area contributed by atoms with Gasteiger partial charge in [-0.3, -0.25) is 9.36 Å². The van der Waals surface area contributed by atoms with Crippen LogP contribution in [0, 0.1) is 0 Å². The minimum atomic E-state index is -0.724. The first-order valence-corrected chi connectivity index (χ1v) is 12.3. The first-order valence-electron chi connectivity index (χ1n) is 11.5. The summed E-state index contributed by atoms with van der Waals surface area (Å²) in [5.74, 6) is 0.538. The van der Waals surface area contributed by atoms with E-state index in [1.807, 2.05) is 55.4 Å². The average molecular weight is 508 g/mol. The van der Waals surface area contributed by atoms with Gasteiger partial charge in [0.15, 0.2) is 16.3 Å². The van der Waals surface area contributed by atoms with Crippen LogP contribution in [0.4, 0.5) is 5.69 Å². The number of aromatic nitrogens is 1. The van der Waals surface area contributed by atoms with Crippen LogP contribution in [0.3, 0.4) is 0 Å². The Hall–Kier alpha value is -3.85. The molecule has 8 nitrogen and oxygen atoms in total. The van der Waals surface area contributed by atoms with Crippen LogP contribution in [0.15, 0.2) is 63.5 Å². The molecule has 0 fully saturated rings. The second-order valence-electron chi connectivity index (χ2n) is 8.40. The Labute approximate surface area is 213 Å². The molecular formula is C27H29N3O5S. The second-order valence-corrected chi connectivity index (χ2v) is 9.41. The fourth-order valence-corrected chi connectivity index (χ4v) is 5.20. The van der Waals surface area contributed by atoms with Crippen LogP contribution >= 0.6 is 11.3 Å². The number of hydrogen-bond acceptors (Lipinski definition) is 8. The minimum Gasteiger partial charge on any atom is -0.493 e. The van der Waals surface area contributed by atoms with Crippen molar-refractivity contribution in [2.45, 2.75) is 19.9 Å². The SMILES string of the molecule is CCOC(=O)C1=C(C)N=c2s/c(=C\c3ccc(N(C)C)cc3)c(=O)n2[C@@H]1c1ccc(OC)c(OC)c1. The summed E-state index contributed by atoms with van der Waals surface area (Å²) in [5, 5.41) is 0. The fraction of sp³-hybridized carbons (Fsp3) is 0.296. The van der Waals surface area contributed by atoms with Crippen molar-refractivity contribution in [3.63, 3.8) is 0 Å². The number of carbonyl (C=O) groups excluding carboxylic acids is 1. The molecule has 1 aliphatic rings. The largest absolute Gasteiger partial charge is 0.493 e. The maximum absolute atomic E-state index is 13.7. The number of thiazole rings is 1. The van der Waals surface area contributed by atoms with E-state index >= 15 is 0 Å². The first-order chi connectivity index (χ1) is 17.3. The number of allylic oxidation sites excluding steroid dienone is 1. The molecule has 1 aromatic heterocycles. The number of hydrogen-bond donors (Lipinski definition) is 0. The molecule has 1 aliphatic heterocycles. The third-order valence-corrected chi connectivity index (χ3v) is 6.93. The van der Waals surface area contributed by atoms with Crippen molar-refractivity contribution >= 4 is 29.1 Å². The van der Waals surface area contributed by atoms with E-state index in [0.29, 0.717) is 37.7 Å². The average Bonchev–Trinajstić information content (AvgIpc) is 3.17. The third kappa shape index (κ3) is 4.66. The first kappa shape index (κ1) is 25.2. The van der Waals surface area contributed by atoms with Gasteiger partial charge >= 0.3 is 5.97 Å². The van der Waals surface area contributed by atoms with Gasteiger partial charge in [-0.05, 0) is 55.3 Å². The normalized spacial score (nSPS) is 15.3. The van der Waals surface area contributed by atoms with Gasteiger partial charge in [0.05, 0.1) is 42.7 Å². The lowest BCUT2D eigenvalue weighted by molar-refractivity contribution is -0.139. The number of methoxy groups -OCH3 is 2. The second kappa shape index (κ2) is 10.4. The Morgan fingerprint density at radius 1 is 1.11 bits per heavy atom. The zero-order valence-corrected chi connectivity index (χ0v) is 22.0. The summed E-state index contributed by atoms with van der Waals surface area (Å²) in [6.45, 7) is 3.72. The minimum absolute atomic E-state index is 0.210. The zero-order valence-electron chi connectivity index (χ0n) is 21.2. The van der Waals surface area contributed by atoms with Crippen LogP contribution in [-0.2, 0) is 9.53 Å². The van der Waals surface area contributed by atoms with Gasteiger partial charge in [-0.15, -0.1) is 0 Å². The molecule has 0 N–H and O–H groups in total. The molecule has 1 atom stereocenters. The van der Waals surface area contributed by atoms with Crippen molar-refractivity contribution in [3.8, 4) is 11.5 Å². The van der Waals surface area contributed by atoms with Crippen molar-refractivity contribution in [2.24, 2.45) is 4.99 Å². The smallest absolute Gasteiger partial charge is 0.338 e. The monoisotopic (exact) mass is 507 g/mol. The number of ether oxygens (including phenoxy) is 3. The van der Waals surface area contributed by atoms with Gasteiger partial charge in [0.2, 0.25) is 0 Å². The fourth-order valence-electron chi connectivity index (χ4n) is 4.15. The number of esters is 1. The maximum atomic E-state index is 13.7. The number of benzene rings is 2. The van der Waals surface area contributed by atoms with Crippen LogP contribution < -0.4 is 29.3 Å². The number of anilines is 1. The van der Waals surface area contributed by atoms with Crippen LogP contribution in [0.25, 0.3) is 6.08 Å². The molecule has 0 radical (unpaired) electrons. The number of nitrogens with zero attached hydrogens (tertiary/aromatic N) is 3. The Morgan fingerprint density at radius 3 is 2.42 bits per heavy atom. The zero-order chi connectivity index (χ0) is 26.0. The van der Waals surface area contributed by atoms with Crippen LogP contribution in [0.2, 0.25) is 0 Å². The molecular weight excluding hydrogens is 478 g/mol. The summed E-state index contributed by atoms with van der Waals surface area (Å²) < 4.78 is 18.3. The van der Waals surface area contributed by atoms with Crippen molar-refractivity contribution < 1.29 is 19.0 Å². The summed E-state index contributed by atoms with van der Waals surface area (Å²) in [5.41, 5.74) is 3.25. The van der Waals surface area contributed by atoms with Crippen molar-refractivity contribution in [1.82, 2.24) is 4.57 Å². The Bertz CT molecular complexity index is 1500. The van der Waals surface area contributed by atoms with Crippen LogP contribution in [0.5, 0.6) is 11.5 Å². The molecule has 2 heterocycles. The summed E-state index contributed by atoms with van der Waals surface area (Å²) in [7, 11) is 7.05. The topological polar surface area (TPSA) is 82.4 Å². The van der Waals surface area contributed by atoms with Crippen molar-refractivity contribution in [2.75, 3.05) is 39.8 Å². The Morgan fingerprint density at radius 2 is 1.81 bits per heavy atom.